The van der Waals surface area contributed by atoms with Crippen molar-refractivity contribution in [3.8, 4) is 0 Å². The van der Waals surface area contributed by atoms with Crippen molar-refractivity contribution in [2.75, 3.05) is 0 Å². The van der Waals surface area contributed by atoms with Gasteiger partial charge < -0.3 is 5.11 Å². The molecule has 0 bridgehead atoms. The van der Waals surface area contributed by atoms with Gasteiger partial charge in [0, 0.05) is 6.42 Å². The molecule has 0 aliphatic rings. The Kier molecular flexibility index (Phi) is 6.42. The second-order valence-electron chi connectivity index (χ2n) is 5.70. The van der Waals surface area contributed by atoms with Crippen LogP contribution in [-0.2, 0) is 12.8 Å². The fraction of sp³-hybridized carbons (Fsp3) is 0.647. The van der Waals surface area contributed by atoms with Crippen molar-refractivity contribution in [1.82, 2.24) is 0 Å². The lowest BCUT2D eigenvalue weighted by Gasteiger charge is -2.23. The van der Waals surface area contributed by atoms with Crippen LogP contribution in [-0.4, -0.2) is 10.7 Å². The molecular formula is C17H28O. The smallest absolute Gasteiger partial charge is 0.0660 e. The highest BCUT2D eigenvalue weighted by molar-refractivity contribution is 5.24. The molecule has 0 fully saturated rings. The van der Waals surface area contributed by atoms with Gasteiger partial charge in [-0.1, -0.05) is 57.4 Å². The molecule has 1 aromatic rings. The van der Waals surface area contributed by atoms with Crippen molar-refractivity contribution in [2.45, 2.75) is 71.3 Å². The van der Waals surface area contributed by atoms with E-state index in [0.29, 0.717) is 0 Å². The summed E-state index contributed by atoms with van der Waals surface area (Å²) in [6, 6.07) is 8.71. The van der Waals surface area contributed by atoms with Crippen LogP contribution >= 0.6 is 0 Å². The standard InChI is InChI=1S/C17H28O/c1-4-6-9-15-10-8-11-16(13-15)14-17(3,18)12-7-5-2/h8,10-11,13,18H,4-7,9,12,14H2,1-3H3. The number of rotatable bonds is 8. The summed E-state index contributed by atoms with van der Waals surface area (Å²) in [4.78, 5) is 0. The first-order chi connectivity index (χ1) is 8.57. The van der Waals surface area contributed by atoms with Crippen LogP contribution in [0.4, 0.5) is 0 Å². The van der Waals surface area contributed by atoms with E-state index >= 15 is 0 Å². The van der Waals surface area contributed by atoms with Gasteiger partial charge in [0.1, 0.15) is 0 Å². The maximum Gasteiger partial charge on any atom is 0.0660 e. The van der Waals surface area contributed by atoms with Crippen LogP contribution in [0.5, 0.6) is 0 Å². The van der Waals surface area contributed by atoms with Crippen LogP contribution in [0, 0.1) is 0 Å². The second kappa shape index (κ2) is 7.58. The Balaban J connectivity index is 2.60. The minimum atomic E-state index is -0.556. The lowest BCUT2D eigenvalue weighted by Crippen LogP contribution is -2.27. The summed E-state index contributed by atoms with van der Waals surface area (Å²) in [6.45, 7) is 6.35. The van der Waals surface area contributed by atoms with E-state index in [4.69, 9.17) is 0 Å². The normalized spacial score (nSPS) is 14.4. The predicted octanol–water partition coefficient (Wildman–Crippen LogP) is 4.51. The number of aliphatic hydroxyl groups is 1. The Morgan fingerprint density at radius 3 is 2.39 bits per heavy atom. The van der Waals surface area contributed by atoms with Crippen molar-refractivity contribution >= 4 is 0 Å². The van der Waals surface area contributed by atoms with Gasteiger partial charge in [0.15, 0.2) is 0 Å². The Morgan fingerprint density at radius 1 is 1.06 bits per heavy atom. The number of unbranched alkanes of at least 4 members (excludes halogenated alkanes) is 2. The zero-order valence-corrected chi connectivity index (χ0v) is 12.2. The van der Waals surface area contributed by atoms with Crippen molar-refractivity contribution < 1.29 is 5.11 Å². The number of aryl methyl sites for hydroxylation is 1. The van der Waals surface area contributed by atoms with Crippen LogP contribution < -0.4 is 0 Å². The number of benzene rings is 1. The van der Waals surface area contributed by atoms with Crippen molar-refractivity contribution in [3.05, 3.63) is 35.4 Å². The molecule has 1 rings (SSSR count). The molecule has 1 unspecified atom stereocenters. The van der Waals surface area contributed by atoms with Gasteiger partial charge in [0.05, 0.1) is 5.60 Å². The van der Waals surface area contributed by atoms with E-state index in [1.165, 1.54) is 24.0 Å². The Bertz CT molecular complexity index is 341. The molecular weight excluding hydrogens is 220 g/mol. The third kappa shape index (κ3) is 5.68. The highest BCUT2D eigenvalue weighted by Crippen LogP contribution is 2.20. The van der Waals surface area contributed by atoms with E-state index in [1.54, 1.807) is 0 Å². The molecule has 1 nitrogen and oxygen atoms in total. The molecule has 0 aliphatic heterocycles. The van der Waals surface area contributed by atoms with E-state index in [9.17, 15) is 5.11 Å². The highest BCUT2D eigenvalue weighted by Gasteiger charge is 2.19. The molecule has 0 amide bonds. The minimum absolute atomic E-state index is 0.556. The molecule has 1 aromatic carbocycles. The molecule has 18 heavy (non-hydrogen) atoms. The van der Waals surface area contributed by atoms with Crippen LogP contribution in [0.25, 0.3) is 0 Å². The first-order valence-corrected chi connectivity index (χ1v) is 7.37. The largest absolute Gasteiger partial charge is 0.390 e. The van der Waals surface area contributed by atoms with Gasteiger partial charge in [-0.25, -0.2) is 0 Å². The predicted molar refractivity (Wildman–Crippen MR) is 78.9 cm³/mol. The van der Waals surface area contributed by atoms with Gasteiger partial charge in [0.2, 0.25) is 0 Å². The van der Waals surface area contributed by atoms with Gasteiger partial charge in [-0.2, -0.15) is 0 Å². The van der Waals surface area contributed by atoms with Gasteiger partial charge in [-0.3, -0.25) is 0 Å². The molecule has 0 spiro atoms. The fourth-order valence-electron chi connectivity index (χ4n) is 2.36. The van der Waals surface area contributed by atoms with Gasteiger partial charge in [-0.15, -0.1) is 0 Å². The number of hydrogen-bond acceptors (Lipinski definition) is 1. The first kappa shape index (κ1) is 15.2. The second-order valence-corrected chi connectivity index (χ2v) is 5.70. The third-order valence-electron chi connectivity index (χ3n) is 3.46. The zero-order chi connectivity index (χ0) is 13.4. The summed E-state index contributed by atoms with van der Waals surface area (Å²) < 4.78 is 0. The molecule has 1 N–H and O–H groups in total. The zero-order valence-electron chi connectivity index (χ0n) is 12.2. The van der Waals surface area contributed by atoms with Crippen LogP contribution in [0.1, 0.15) is 64.0 Å². The van der Waals surface area contributed by atoms with E-state index < -0.39 is 5.60 Å². The molecule has 102 valence electrons. The summed E-state index contributed by atoms with van der Waals surface area (Å²) >= 11 is 0. The van der Waals surface area contributed by atoms with Gasteiger partial charge in [0.25, 0.3) is 0 Å². The minimum Gasteiger partial charge on any atom is -0.390 e. The van der Waals surface area contributed by atoms with Crippen LogP contribution in [0.15, 0.2) is 24.3 Å². The summed E-state index contributed by atoms with van der Waals surface area (Å²) in [7, 11) is 0. The fourth-order valence-corrected chi connectivity index (χ4v) is 2.36. The molecule has 0 aliphatic carbocycles. The van der Waals surface area contributed by atoms with Crippen molar-refractivity contribution in [3.63, 3.8) is 0 Å². The summed E-state index contributed by atoms with van der Waals surface area (Å²) in [5.74, 6) is 0. The Morgan fingerprint density at radius 2 is 1.72 bits per heavy atom. The quantitative estimate of drug-likeness (QED) is 0.717. The molecule has 0 aromatic heterocycles. The maximum atomic E-state index is 10.4. The molecule has 0 radical (unpaired) electrons. The lowest BCUT2D eigenvalue weighted by atomic mass is 9.90. The lowest BCUT2D eigenvalue weighted by molar-refractivity contribution is 0.0490. The van der Waals surface area contributed by atoms with Crippen molar-refractivity contribution in [2.24, 2.45) is 0 Å². The summed E-state index contributed by atoms with van der Waals surface area (Å²) in [5.41, 5.74) is 2.12. The monoisotopic (exact) mass is 248 g/mol. The first-order valence-electron chi connectivity index (χ1n) is 7.37. The molecule has 0 saturated heterocycles. The van der Waals surface area contributed by atoms with E-state index in [1.807, 2.05) is 6.92 Å². The average molecular weight is 248 g/mol. The van der Waals surface area contributed by atoms with Gasteiger partial charge >= 0.3 is 0 Å². The Hall–Kier alpha value is -0.820. The third-order valence-corrected chi connectivity index (χ3v) is 3.46. The van der Waals surface area contributed by atoms with E-state index in [-0.39, 0.29) is 0 Å². The Labute approximate surface area is 112 Å². The highest BCUT2D eigenvalue weighted by atomic mass is 16.3. The summed E-state index contributed by atoms with van der Waals surface area (Å²) in [6.07, 6.45) is 7.54. The molecule has 0 saturated carbocycles. The van der Waals surface area contributed by atoms with E-state index in [0.717, 1.165) is 32.1 Å². The average Bonchev–Trinajstić information content (AvgIpc) is 2.34. The van der Waals surface area contributed by atoms with Gasteiger partial charge in [-0.05, 0) is 37.3 Å². The van der Waals surface area contributed by atoms with Crippen LogP contribution in [0.2, 0.25) is 0 Å². The molecule has 0 heterocycles. The summed E-state index contributed by atoms with van der Waals surface area (Å²) in [5, 5.41) is 10.4. The maximum absolute atomic E-state index is 10.4. The SMILES string of the molecule is CCCCc1cccc(CC(C)(O)CCCC)c1. The van der Waals surface area contributed by atoms with Crippen LogP contribution in [0.3, 0.4) is 0 Å². The number of hydrogen-bond donors (Lipinski definition) is 1. The molecule has 1 atom stereocenters. The topological polar surface area (TPSA) is 20.2 Å². The van der Waals surface area contributed by atoms with Crippen molar-refractivity contribution in [1.29, 1.82) is 0 Å². The molecule has 1 heteroatoms. The van der Waals surface area contributed by atoms with E-state index in [2.05, 4.69) is 38.1 Å².